The molecule has 0 atom stereocenters. The van der Waals surface area contributed by atoms with Crippen molar-refractivity contribution >= 4 is 24.2 Å². The van der Waals surface area contributed by atoms with Crippen molar-refractivity contribution in [2.75, 3.05) is 5.32 Å². The first-order valence-corrected chi connectivity index (χ1v) is 8.57. The summed E-state index contributed by atoms with van der Waals surface area (Å²) in [6.07, 6.45) is -2.07. The normalized spacial score (nSPS) is 17.0. The highest BCUT2D eigenvalue weighted by Crippen LogP contribution is 2.34. The van der Waals surface area contributed by atoms with E-state index in [1.165, 1.54) is 12.1 Å². The summed E-state index contributed by atoms with van der Waals surface area (Å²) in [5.74, 6) is -0.877. The number of rotatable bonds is 4. The van der Waals surface area contributed by atoms with Gasteiger partial charge in [0.05, 0.1) is 6.61 Å². The zero-order chi connectivity index (χ0) is 19.2. The fourth-order valence-corrected chi connectivity index (χ4v) is 3.28. The number of hydrogen-bond donors (Lipinski definition) is 2. The molecule has 0 unspecified atom stereocenters. The molecule has 4 rings (SSSR count). The fraction of sp³-hybridized carbons (Fsp3) is 0.438. The van der Waals surface area contributed by atoms with Gasteiger partial charge in [0.2, 0.25) is 0 Å². The van der Waals surface area contributed by atoms with Crippen LogP contribution in [0, 0.1) is 5.92 Å². The van der Waals surface area contributed by atoms with Gasteiger partial charge < -0.3 is 15.0 Å². The first-order chi connectivity index (χ1) is 12.8. The highest BCUT2D eigenvalue weighted by atomic mass is 19.4. The van der Waals surface area contributed by atoms with Gasteiger partial charge in [0.1, 0.15) is 0 Å². The first kappa shape index (κ1) is 18.0. The lowest BCUT2D eigenvalue weighted by Crippen LogP contribution is -2.29. The quantitative estimate of drug-likeness (QED) is 0.787. The zero-order valence-corrected chi connectivity index (χ0v) is 14.2. The number of carbonyl (C=O) groups is 1. The molecular formula is C16H16BF3N4O3. The summed E-state index contributed by atoms with van der Waals surface area (Å²) >= 11 is 0. The first-order valence-electron chi connectivity index (χ1n) is 8.57. The van der Waals surface area contributed by atoms with E-state index in [0.29, 0.717) is 5.46 Å². The molecule has 1 aliphatic heterocycles. The predicted octanol–water partition coefficient (Wildman–Crippen LogP) is 1.57. The van der Waals surface area contributed by atoms with E-state index in [1.54, 1.807) is 6.07 Å². The molecule has 0 saturated heterocycles. The van der Waals surface area contributed by atoms with Gasteiger partial charge in [0.25, 0.3) is 5.91 Å². The number of amides is 1. The van der Waals surface area contributed by atoms with Crippen molar-refractivity contribution in [2.45, 2.75) is 38.6 Å². The number of hydrogen-bond acceptors (Lipinski definition) is 5. The van der Waals surface area contributed by atoms with E-state index in [1.807, 2.05) is 0 Å². The van der Waals surface area contributed by atoms with Gasteiger partial charge in [-0.05, 0) is 41.9 Å². The lowest BCUT2D eigenvalue weighted by molar-refractivity contribution is -0.145. The molecule has 1 aromatic heterocycles. The number of nitrogens with zero attached hydrogens (tertiary/aromatic N) is 3. The minimum Gasteiger partial charge on any atom is -0.423 e. The number of benzene rings is 1. The predicted molar refractivity (Wildman–Crippen MR) is 89.2 cm³/mol. The van der Waals surface area contributed by atoms with E-state index in [0.717, 1.165) is 29.5 Å². The molecule has 1 aromatic carbocycles. The van der Waals surface area contributed by atoms with Crippen LogP contribution >= 0.6 is 0 Å². The molecule has 7 nitrogen and oxygen atoms in total. The van der Waals surface area contributed by atoms with Crippen molar-refractivity contribution in [3.8, 4) is 0 Å². The Bertz CT molecular complexity index is 882. The largest absolute Gasteiger partial charge is 0.491 e. The monoisotopic (exact) mass is 380 g/mol. The van der Waals surface area contributed by atoms with Crippen LogP contribution in [-0.2, 0) is 24.0 Å². The van der Waals surface area contributed by atoms with E-state index >= 15 is 0 Å². The Morgan fingerprint density at radius 2 is 2.19 bits per heavy atom. The van der Waals surface area contributed by atoms with Crippen molar-refractivity contribution < 1.29 is 27.6 Å². The minimum atomic E-state index is -4.75. The summed E-state index contributed by atoms with van der Waals surface area (Å²) in [6, 6.07) is 4.64. The van der Waals surface area contributed by atoms with Gasteiger partial charge in [-0.25, -0.2) is 4.68 Å². The van der Waals surface area contributed by atoms with E-state index in [9.17, 15) is 23.0 Å². The minimum absolute atomic E-state index is 0.0947. The Labute approximate surface area is 152 Å². The van der Waals surface area contributed by atoms with Gasteiger partial charge >= 0.3 is 13.3 Å². The molecule has 1 aliphatic carbocycles. The number of fused-ring (bicyclic) bond motifs is 1. The van der Waals surface area contributed by atoms with Crippen LogP contribution < -0.4 is 10.8 Å². The van der Waals surface area contributed by atoms with Crippen LogP contribution in [0.15, 0.2) is 18.2 Å². The molecule has 0 radical (unpaired) electrons. The Hall–Kier alpha value is -2.40. The van der Waals surface area contributed by atoms with Gasteiger partial charge in [-0.1, -0.05) is 17.7 Å². The van der Waals surface area contributed by atoms with Gasteiger partial charge in [0.15, 0.2) is 11.4 Å². The van der Waals surface area contributed by atoms with Crippen molar-refractivity contribution in [3.05, 3.63) is 35.2 Å². The maximum Gasteiger partial charge on any atom is 0.491 e. The summed E-state index contributed by atoms with van der Waals surface area (Å²) in [4.78, 5) is 12.4. The molecule has 0 bridgehead atoms. The van der Waals surface area contributed by atoms with Gasteiger partial charge in [-0.15, -0.1) is 5.10 Å². The molecule has 11 heteroatoms. The van der Waals surface area contributed by atoms with E-state index < -0.39 is 30.6 Å². The van der Waals surface area contributed by atoms with Crippen LogP contribution in [0.1, 0.15) is 41.0 Å². The number of nitrogens with one attached hydrogen (secondary N) is 1. The standard InChI is InChI=1S/C16H16BF3N4O3/c18-16(19,20)14-13(22-23-24(14)7-9-2-1-3-9)15(25)21-11-5-4-10-8-27-17(26)12(10)6-11/h4-6,9,26H,1-3,7-8H2,(H,21,25). The number of aromatic nitrogens is 3. The Kier molecular flexibility index (Phi) is 4.43. The van der Waals surface area contributed by atoms with Gasteiger partial charge in [-0.3, -0.25) is 4.79 Å². The van der Waals surface area contributed by atoms with Crippen LogP contribution in [0.3, 0.4) is 0 Å². The van der Waals surface area contributed by atoms with E-state index in [4.69, 9.17) is 4.65 Å². The molecule has 1 amide bonds. The van der Waals surface area contributed by atoms with Crippen LogP contribution in [0.5, 0.6) is 0 Å². The maximum absolute atomic E-state index is 13.5. The molecular weight excluding hydrogens is 364 g/mol. The van der Waals surface area contributed by atoms with Crippen molar-refractivity contribution in [1.29, 1.82) is 0 Å². The van der Waals surface area contributed by atoms with Crippen LogP contribution in [0.4, 0.5) is 18.9 Å². The Morgan fingerprint density at radius 3 is 2.85 bits per heavy atom. The third kappa shape index (κ3) is 3.44. The third-order valence-electron chi connectivity index (χ3n) is 4.94. The second-order valence-electron chi connectivity index (χ2n) is 6.79. The average molecular weight is 380 g/mol. The van der Waals surface area contributed by atoms with E-state index in [2.05, 4.69) is 15.6 Å². The molecule has 2 heterocycles. The number of anilines is 1. The highest BCUT2D eigenvalue weighted by Gasteiger charge is 2.42. The summed E-state index contributed by atoms with van der Waals surface area (Å²) in [5.41, 5.74) is -0.444. The van der Waals surface area contributed by atoms with E-state index in [-0.39, 0.29) is 24.8 Å². The summed E-state index contributed by atoms with van der Waals surface area (Å²) in [6.45, 7) is 0.329. The van der Waals surface area contributed by atoms with Crippen molar-refractivity contribution in [1.82, 2.24) is 15.0 Å². The second kappa shape index (κ2) is 6.64. The van der Waals surface area contributed by atoms with Crippen molar-refractivity contribution in [2.24, 2.45) is 5.92 Å². The van der Waals surface area contributed by atoms with Crippen LogP contribution in [-0.4, -0.2) is 33.0 Å². The third-order valence-corrected chi connectivity index (χ3v) is 4.94. The summed E-state index contributed by atoms with van der Waals surface area (Å²) in [7, 11) is -1.12. The average Bonchev–Trinajstić information content (AvgIpc) is 3.15. The van der Waals surface area contributed by atoms with Gasteiger partial charge in [0, 0.05) is 12.2 Å². The maximum atomic E-state index is 13.5. The summed E-state index contributed by atoms with van der Waals surface area (Å²) in [5, 5.41) is 19.2. The highest BCUT2D eigenvalue weighted by molar-refractivity contribution is 6.61. The number of halogens is 3. The molecule has 142 valence electrons. The van der Waals surface area contributed by atoms with Crippen LogP contribution in [0.2, 0.25) is 0 Å². The number of alkyl halides is 3. The fourth-order valence-electron chi connectivity index (χ4n) is 3.28. The smallest absolute Gasteiger partial charge is 0.423 e. The molecule has 0 spiro atoms. The Balaban J connectivity index is 1.59. The number of carbonyl (C=O) groups excluding carboxylic acids is 1. The topological polar surface area (TPSA) is 89.3 Å². The van der Waals surface area contributed by atoms with Crippen LogP contribution in [0.25, 0.3) is 0 Å². The molecule has 2 N–H and O–H groups in total. The Morgan fingerprint density at radius 1 is 1.41 bits per heavy atom. The second-order valence-corrected chi connectivity index (χ2v) is 6.79. The SMILES string of the molecule is O=C(Nc1ccc2c(c1)B(O)OC2)c1nnn(CC2CCC2)c1C(F)(F)F. The molecule has 2 aliphatic rings. The summed E-state index contributed by atoms with van der Waals surface area (Å²) < 4.78 is 46.4. The van der Waals surface area contributed by atoms with Gasteiger partial charge in [-0.2, -0.15) is 13.2 Å². The molecule has 1 saturated carbocycles. The molecule has 2 aromatic rings. The lowest BCUT2D eigenvalue weighted by Gasteiger charge is -2.25. The van der Waals surface area contributed by atoms with Crippen molar-refractivity contribution in [3.63, 3.8) is 0 Å². The molecule has 1 fully saturated rings. The molecule has 27 heavy (non-hydrogen) atoms. The lowest BCUT2D eigenvalue weighted by atomic mass is 9.79. The zero-order valence-electron chi connectivity index (χ0n) is 14.2.